The van der Waals surface area contributed by atoms with Gasteiger partial charge in [0.2, 0.25) is 5.91 Å². The van der Waals surface area contributed by atoms with Gasteiger partial charge >= 0.3 is 0 Å². The minimum Gasteiger partial charge on any atom is -0.395 e. The first-order valence-electron chi connectivity index (χ1n) is 5.26. The Morgan fingerprint density at radius 1 is 1.44 bits per heavy atom. The van der Waals surface area contributed by atoms with Crippen molar-refractivity contribution in [1.82, 2.24) is 5.32 Å². The molecule has 0 aromatic heterocycles. The van der Waals surface area contributed by atoms with Crippen LogP contribution in [0.15, 0.2) is 24.3 Å². The lowest BCUT2D eigenvalue weighted by Gasteiger charge is -2.11. The molecule has 0 heterocycles. The highest BCUT2D eigenvalue weighted by Gasteiger charge is 2.12. The van der Waals surface area contributed by atoms with Crippen molar-refractivity contribution in [2.75, 3.05) is 13.2 Å². The average molecular weight is 225 g/mol. The van der Waals surface area contributed by atoms with Gasteiger partial charge in [0.25, 0.3) is 0 Å². The number of aliphatic hydroxyl groups is 1. The Morgan fingerprint density at radius 3 is 2.62 bits per heavy atom. The predicted molar refractivity (Wildman–Crippen MR) is 59.4 cm³/mol. The predicted octanol–water partition coefficient (Wildman–Crippen LogP) is 1.11. The number of hydrogen-bond donors (Lipinski definition) is 2. The standard InChI is InChI=1S/C12H16FNO2/c1-9(12(16)14-6-7-15)8-10-2-4-11(13)5-3-10/h2-5,9,15H,6-8H2,1H3,(H,14,16). The van der Waals surface area contributed by atoms with Crippen LogP contribution in [0.4, 0.5) is 4.39 Å². The van der Waals surface area contributed by atoms with Gasteiger partial charge in [0.1, 0.15) is 5.82 Å². The van der Waals surface area contributed by atoms with Gasteiger partial charge in [0, 0.05) is 12.5 Å². The number of halogens is 1. The van der Waals surface area contributed by atoms with E-state index in [0.717, 1.165) is 5.56 Å². The molecule has 4 heteroatoms. The van der Waals surface area contributed by atoms with Gasteiger partial charge in [0.05, 0.1) is 6.61 Å². The van der Waals surface area contributed by atoms with Crippen molar-refractivity contribution >= 4 is 5.91 Å². The molecule has 16 heavy (non-hydrogen) atoms. The summed E-state index contributed by atoms with van der Waals surface area (Å²) in [4.78, 5) is 11.5. The second-order valence-electron chi connectivity index (χ2n) is 3.75. The highest BCUT2D eigenvalue weighted by Crippen LogP contribution is 2.09. The summed E-state index contributed by atoms with van der Waals surface area (Å²) >= 11 is 0. The maximum atomic E-state index is 12.6. The van der Waals surface area contributed by atoms with Crippen molar-refractivity contribution in [3.63, 3.8) is 0 Å². The SMILES string of the molecule is CC(Cc1ccc(F)cc1)C(=O)NCCO. The monoisotopic (exact) mass is 225 g/mol. The Balaban J connectivity index is 2.47. The second kappa shape index (κ2) is 6.23. The molecule has 1 amide bonds. The van der Waals surface area contributed by atoms with Crippen LogP contribution in [0.2, 0.25) is 0 Å². The largest absolute Gasteiger partial charge is 0.395 e. The Bertz CT molecular complexity index is 337. The Morgan fingerprint density at radius 2 is 2.06 bits per heavy atom. The second-order valence-corrected chi connectivity index (χ2v) is 3.75. The van der Waals surface area contributed by atoms with Gasteiger partial charge in [-0.1, -0.05) is 19.1 Å². The zero-order valence-electron chi connectivity index (χ0n) is 9.24. The summed E-state index contributed by atoms with van der Waals surface area (Å²) in [6.07, 6.45) is 0.567. The molecule has 2 N–H and O–H groups in total. The van der Waals surface area contributed by atoms with Crippen LogP contribution < -0.4 is 5.32 Å². The van der Waals surface area contributed by atoms with Gasteiger partial charge in [-0.3, -0.25) is 4.79 Å². The summed E-state index contributed by atoms with van der Waals surface area (Å²) in [5.74, 6) is -0.559. The highest BCUT2D eigenvalue weighted by molar-refractivity contribution is 5.78. The molecule has 0 aliphatic heterocycles. The molecular weight excluding hydrogens is 209 g/mol. The van der Waals surface area contributed by atoms with Crippen molar-refractivity contribution in [3.8, 4) is 0 Å². The Kier molecular flexibility index (Phi) is 4.92. The molecule has 1 rings (SSSR count). The minimum absolute atomic E-state index is 0.0605. The van der Waals surface area contributed by atoms with E-state index in [1.165, 1.54) is 12.1 Å². The van der Waals surface area contributed by atoms with E-state index >= 15 is 0 Å². The number of benzene rings is 1. The van der Waals surface area contributed by atoms with E-state index in [-0.39, 0.29) is 30.8 Å². The number of rotatable bonds is 5. The molecule has 3 nitrogen and oxygen atoms in total. The molecule has 0 radical (unpaired) electrons. The van der Waals surface area contributed by atoms with Crippen LogP contribution in [-0.2, 0) is 11.2 Å². The number of aliphatic hydroxyl groups excluding tert-OH is 1. The van der Waals surface area contributed by atoms with Crippen LogP contribution in [-0.4, -0.2) is 24.2 Å². The van der Waals surface area contributed by atoms with Crippen LogP contribution in [0.3, 0.4) is 0 Å². The molecule has 0 bridgehead atoms. The van der Waals surface area contributed by atoms with Crippen molar-refractivity contribution < 1.29 is 14.3 Å². The number of carbonyl (C=O) groups excluding carboxylic acids is 1. The summed E-state index contributed by atoms with van der Waals surface area (Å²) in [6.45, 7) is 2.01. The fraction of sp³-hybridized carbons (Fsp3) is 0.417. The molecule has 0 aliphatic rings. The molecular formula is C12H16FNO2. The van der Waals surface area contributed by atoms with E-state index < -0.39 is 0 Å². The van der Waals surface area contributed by atoms with Gasteiger partial charge in [-0.15, -0.1) is 0 Å². The van der Waals surface area contributed by atoms with Crippen molar-refractivity contribution in [3.05, 3.63) is 35.6 Å². The van der Waals surface area contributed by atoms with Crippen molar-refractivity contribution in [2.45, 2.75) is 13.3 Å². The van der Waals surface area contributed by atoms with Crippen molar-refractivity contribution in [2.24, 2.45) is 5.92 Å². The fourth-order valence-electron chi connectivity index (χ4n) is 1.42. The number of hydrogen-bond acceptors (Lipinski definition) is 2. The molecule has 0 fully saturated rings. The molecule has 0 spiro atoms. The topological polar surface area (TPSA) is 49.3 Å². The van der Waals surface area contributed by atoms with E-state index in [9.17, 15) is 9.18 Å². The Labute approximate surface area is 94.3 Å². The average Bonchev–Trinajstić information content (AvgIpc) is 2.29. The third-order valence-electron chi connectivity index (χ3n) is 2.31. The molecule has 0 saturated carbocycles. The van der Waals surface area contributed by atoms with Crippen LogP contribution in [0.5, 0.6) is 0 Å². The molecule has 0 saturated heterocycles. The van der Waals surface area contributed by atoms with E-state index in [1.807, 2.05) is 0 Å². The lowest BCUT2D eigenvalue weighted by Crippen LogP contribution is -2.32. The smallest absolute Gasteiger partial charge is 0.223 e. The summed E-state index contributed by atoms with van der Waals surface area (Å²) in [6, 6.07) is 6.11. The van der Waals surface area contributed by atoms with Crippen LogP contribution in [0, 0.1) is 11.7 Å². The molecule has 1 atom stereocenters. The zero-order chi connectivity index (χ0) is 12.0. The quantitative estimate of drug-likeness (QED) is 0.788. The fourth-order valence-corrected chi connectivity index (χ4v) is 1.42. The maximum Gasteiger partial charge on any atom is 0.223 e. The third-order valence-corrected chi connectivity index (χ3v) is 2.31. The first-order valence-corrected chi connectivity index (χ1v) is 5.26. The lowest BCUT2D eigenvalue weighted by atomic mass is 10.0. The Hall–Kier alpha value is -1.42. The number of carbonyl (C=O) groups is 1. The van der Waals surface area contributed by atoms with E-state index in [1.54, 1.807) is 19.1 Å². The van der Waals surface area contributed by atoms with Crippen LogP contribution in [0.25, 0.3) is 0 Å². The van der Waals surface area contributed by atoms with Crippen molar-refractivity contribution in [1.29, 1.82) is 0 Å². The normalized spacial score (nSPS) is 12.2. The van der Waals surface area contributed by atoms with Crippen LogP contribution >= 0.6 is 0 Å². The minimum atomic E-state index is -0.277. The van der Waals surface area contributed by atoms with Gasteiger partial charge in [-0.25, -0.2) is 4.39 Å². The van der Waals surface area contributed by atoms with Gasteiger partial charge in [0.15, 0.2) is 0 Å². The van der Waals surface area contributed by atoms with E-state index in [0.29, 0.717) is 6.42 Å². The third kappa shape index (κ3) is 3.98. The zero-order valence-corrected chi connectivity index (χ0v) is 9.24. The summed E-state index contributed by atoms with van der Waals surface area (Å²) < 4.78 is 12.6. The first-order chi connectivity index (χ1) is 7.63. The summed E-state index contributed by atoms with van der Waals surface area (Å²) in [7, 11) is 0. The molecule has 1 unspecified atom stereocenters. The molecule has 88 valence electrons. The number of amides is 1. The lowest BCUT2D eigenvalue weighted by molar-refractivity contribution is -0.124. The molecule has 1 aromatic carbocycles. The number of nitrogens with one attached hydrogen (secondary N) is 1. The van der Waals surface area contributed by atoms with Gasteiger partial charge in [-0.05, 0) is 24.1 Å². The molecule has 1 aromatic rings. The highest BCUT2D eigenvalue weighted by atomic mass is 19.1. The van der Waals surface area contributed by atoms with Crippen LogP contribution in [0.1, 0.15) is 12.5 Å². The molecule has 0 aliphatic carbocycles. The van der Waals surface area contributed by atoms with E-state index in [2.05, 4.69) is 5.32 Å². The van der Waals surface area contributed by atoms with E-state index in [4.69, 9.17) is 5.11 Å². The maximum absolute atomic E-state index is 12.6. The summed E-state index contributed by atoms with van der Waals surface area (Å²) in [5, 5.41) is 11.2. The van der Waals surface area contributed by atoms with Gasteiger partial charge in [-0.2, -0.15) is 0 Å². The van der Waals surface area contributed by atoms with Gasteiger partial charge < -0.3 is 10.4 Å². The first kappa shape index (κ1) is 12.6. The summed E-state index contributed by atoms with van der Waals surface area (Å²) in [5.41, 5.74) is 0.924.